The highest BCUT2D eigenvalue weighted by Gasteiger charge is 2.58. The molecule has 5 rings (SSSR count). The molecule has 3 atom stereocenters. The molecule has 0 saturated heterocycles. The summed E-state index contributed by atoms with van der Waals surface area (Å²) < 4.78 is 5.89. The number of benzene rings is 1. The Morgan fingerprint density at radius 1 is 1.18 bits per heavy atom. The van der Waals surface area contributed by atoms with E-state index in [4.69, 9.17) is 4.74 Å². The molecule has 1 aromatic carbocycles. The molecule has 2 heterocycles. The number of hydrogen-bond acceptors (Lipinski definition) is 5. The minimum Gasteiger partial charge on any atom is -0.493 e. The molecule has 0 aliphatic heterocycles. The topological polar surface area (TPSA) is 92.4 Å². The highest BCUT2D eigenvalue weighted by molar-refractivity contribution is 5.59. The molecule has 2 N–H and O–H groups in total. The van der Waals surface area contributed by atoms with E-state index < -0.39 is 0 Å². The Balaban J connectivity index is 1.32. The lowest BCUT2D eigenvalue weighted by molar-refractivity contribution is 0.288. The number of nitrogens with one attached hydrogen (secondary N) is 2. The smallest absolute Gasteiger partial charge is 0.225 e. The van der Waals surface area contributed by atoms with Crippen molar-refractivity contribution in [1.29, 1.82) is 0 Å². The van der Waals surface area contributed by atoms with Crippen LogP contribution in [0, 0.1) is 11.8 Å². The highest BCUT2D eigenvalue weighted by atomic mass is 16.5. The molecule has 7 heteroatoms. The largest absolute Gasteiger partial charge is 0.493 e. The molecule has 0 amide bonds. The Morgan fingerprint density at radius 3 is 2.91 bits per heavy atom. The van der Waals surface area contributed by atoms with Gasteiger partial charge in [0.2, 0.25) is 5.82 Å². The number of para-hydroxylation sites is 1. The van der Waals surface area contributed by atoms with E-state index in [2.05, 4.69) is 30.8 Å². The Morgan fingerprint density at radius 2 is 2.09 bits per heavy atom. The summed E-state index contributed by atoms with van der Waals surface area (Å²) in [5.74, 6) is 3.26. The zero-order valence-corrected chi connectivity index (χ0v) is 11.7. The Bertz CT molecular complexity index is 797. The van der Waals surface area contributed by atoms with Crippen LogP contribution in [-0.4, -0.2) is 37.4 Å². The van der Waals surface area contributed by atoms with Gasteiger partial charge in [-0.25, -0.2) is 0 Å². The molecule has 110 valence electrons. The van der Waals surface area contributed by atoms with Gasteiger partial charge in [0.15, 0.2) is 0 Å². The van der Waals surface area contributed by atoms with Crippen LogP contribution in [0.15, 0.2) is 30.3 Å². The summed E-state index contributed by atoms with van der Waals surface area (Å²) >= 11 is 0. The van der Waals surface area contributed by atoms with E-state index in [0.29, 0.717) is 23.6 Å². The van der Waals surface area contributed by atoms with Crippen molar-refractivity contribution >= 4 is 0 Å². The van der Waals surface area contributed by atoms with Crippen LogP contribution in [0.5, 0.6) is 5.75 Å². The third kappa shape index (κ3) is 1.68. The number of tetrazole rings is 1. The van der Waals surface area contributed by atoms with Crippen molar-refractivity contribution < 1.29 is 4.74 Å². The maximum Gasteiger partial charge on any atom is 0.225 e. The van der Waals surface area contributed by atoms with Crippen LogP contribution in [0.25, 0.3) is 11.5 Å². The molecular weight excluding hydrogens is 280 g/mol. The number of hydrogen-bond donors (Lipinski definition) is 2. The molecule has 0 spiro atoms. The van der Waals surface area contributed by atoms with Gasteiger partial charge in [-0.1, -0.05) is 18.2 Å². The fourth-order valence-corrected chi connectivity index (χ4v) is 3.63. The van der Waals surface area contributed by atoms with E-state index in [1.807, 2.05) is 30.3 Å². The molecule has 2 aliphatic carbocycles. The van der Waals surface area contributed by atoms with E-state index in [1.54, 1.807) is 0 Å². The summed E-state index contributed by atoms with van der Waals surface area (Å²) in [7, 11) is 0. The van der Waals surface area contributed by atoms with Gasteiger partial charge in [0.05, 0.1) is 6.61 Å². The normalized spacial score (nSPS) is 24.8. The van der Waals surface area contributed by atoms with Gasteiger partial charge in [0.1, 0.15) is 11.4 Å². The van der Waals surface area contributed by atoms with E-state index in [1.165, 1.54) is 11.3 Å². The van der Waals surface area contributed by atoms with E-state index >= 15 is 0 Å². The van der Waals surface area contributed by atoms with Crippen molar-refractivity contribution in [2.24, 2.45) is 11.8 Å². The maximum atomic E-state index is 5.89. The average molecular weight is 294 g/mol. The summed E-state index contributed by atoms with van der Waals surface area (Å²) in [5.41, 5.74) is 3.30. The van der Waals surface area contributed by atoms with Gasteiger partial charge >= 0.3 is 0 Å². The molecule has 1 fully saturated rings. The quantitative estimate of drug-likeness (QED) is 0.761. The molecule has 0 radical (unpaired) electrons. The number of fused-ring (bicyclic) bond motifs is 3. The van der Waals surface area contributed by atoms with Crippen LogP contribution >= 0.6 is 0 Å². The van der Waals surface area contributed by atoms with Crippen LogP contribution in [0.1, 0.15) is 17.2 Å². The van der Waals surface area contributed by atoms with Gasteiger partial charge in [-0.2, -0.15) is 10.3 Å². The molecule has 2 aliphatic rings. The number of nitrogens with zero attached hydrogens (tertiary/aromatic N) is 4. The highest BCUT2D eigenvalue weighted by Crippen LogP contribution is 2.61. The first-order chi connectivity index (χ1) is 10.9. The maximum absolute atomic E-state index is 5.89. The molecule has 3 aromatic rings. The van der Waals surface area contributed by atoms with Crippen LogP contribution in [0.3, 0.4) is 0 Å². The Labute approximate surface area is 126 Å². The second-order valence-electron chi connectivity index (χ2n) is 5.88. The number of ether oxygens (including phenoxy) is 1. The van der Waals surface area contributed by atoms with Crippen molar-refractivity contribution in [3.63, 3.8) is 0 Å². The van der Waals surface area contributed by atoms with E-state index in [-0.39, 0.29) is 0 Å². The van der Waals surface area contributed by atoms with Crippen molar-refractivity contribution in [1.82, 2.24) is 30.8 Å². The zero-order chi connectivity index (χ0) is 14.5. The fraction of sp³-hybridized carbons (Fsp3) is 0.333. The lowest BCUT2D eigenvalue weighted by Gasteiger charge is -2.07. The predicted molar refractivity (Wildman–Crippen MR) is 77.1 cm³/mol. The molecule has 1 unspecified atom stereocenters. The first-order valence-electron chi connectivity index (χ1n) is 7.40. The number of rotatable bonds is 4. The number of H-pyrrole nitrogens is 2. The molecule has 0 bridgehead atoms. The van der Waals surface area contributed by atoms with Gasteiger partial charge < -0.3 is 4.74 Å². The number of aromatic nitrogens is 6. The average Bonchev–Trinajstić information content (AvgIpc) is 3.02. The van der Waals surface area contributed by atoms with Crippen LogP contribution < -0.4 is 4.74 Å². The third-order valence-corrected chi connectivity index (χ3v) is 4.75. The fourth-order valence-electron chi connectivity index (χ4n) is 3.63. The summed E-state index contributed by atoms with van der Waals surface area (Å²) in [6.07, 6.45) is 1.02. The predicted octanol–water partition coefficient (Wildman–Crippen LogP) is 1.55. The van der Waals surface area contributed by atoms with Gasteiger partial charge in [-0.15, -0.1) is 10.2 Å². The van der Waals surface area contributed by atoms with Crippen LogP contribution in [0.2, 0.25) is 0 Å². The Hall–Kier alpha value is -2.70. The van der Waals surface area contributed by atoms with Crippen LogP contribution in [0.4, 0.5) is 0 Å². The monoisotopic (exact) mass is 294 g/mol. The SMILES string of the molecule is c1ccc(OCC2[C@H]3c4[nH]nc(-c5nn[nH]n5)c4C[C@@H]23)cc1. The summed E-state index contributed by atoms with van der Waals surface area (Å²) in [6, 6.07) is 9.97. The lowest BCUT2D eigenvalue weighted by Crippen LogP contribution is -2.05. The summed E-state index contributed by atoms with van der Waals surface area (Å²) in [5, 5.41) is 21.6. The third-order valence-electron chi connectivity index (χ3n) is 4.75. The second-order valence-corrected chi connectivity index (χ2v) is 5.88. The van der Waals surface area contributed by atoms with Gasteiger partial charge in [0, 0.05) is 23.1 Å². The van der Waals surface area contributed by atoms with Gasteiger partial charge in [0.25, 0.3) is 0 Å². The molecule has 2 aromatic heterocycles. The van der Waals surface area contributed by atoms with Crippen molar-refractivity contribution in [2.75, 3.05) is 6.61 Å². The number of aromatic amines is 2. The molecule has 1 saturated carbocycles. The van der Waals surface area contributed by atoms with Crippen molar-refractivity contribution in [2.45, 2.75) is 12.3 Å². The van der Waals surface area contributed by atoms with E-state index in [9.17, 15) is 0 Å². The Kier molecular flexibility index (Phi) is 2.38. The molecule has 7 nitrogen and oxygen atoms in total. The lowest BCUT2D eigenvalue weighted by atomic mass is 10.1. The van der Waals surface area contributed by atoms with Crippen LogP contribution in [-0.2, 0) is 6.42 Å². The summed E-state index contributed by atoms with van der Waals surface area (Å²) in [4.78, 5) is 0. The zero-order valence-electron chi connectivity index (χ0n) is 11.7. The first kappa shape index (κ1) is 11.9. The minimum absolute atomic E-state index is 0.534. The second kappa shape index (κ2) is 4.40. The van der Waals surface area contributed by atoms with E-state index in [0.717, 1.165) is 24.5 Å². The summed E-state index contributed by atoms with van der Waals surface area (Å²) in [6.45, 7) is 0.759. The van der Waals surface area contributed by atoms with Crippen molar-refractivity contribution in [3.05, 3.63) is 41.6 Å². The van der Waals surface area contributed by atoms with Gasteiger partial charge in [-0.3, -0.25) is 5.10 Å². The standard InChI is InChI=1S/C15H14N6O/c1-2-4-8(5-3-1)22-7-11-9-6-10-13(12(9)11)16-17-14(10)15-18-20-21-19-15/h1-5,9,11-12H,6-7H2,(H,16,17)(H,18,19,20,21)/t9-,11?,12-/m0/s1. The molecular formula is C15H14N6O. The van der Waals surface area contributed by atoms with Crippen molar-refractivity contribution in [3.8, 4) is 17.3 Å². The molecule has 22 heavy (non-hydrogen) atoms. The minimum atomic E-state index is 0.534. The first-order valence-corrected chi connectivity index (χ1v) is 7.40. The van der Waals surface area contributed by atoms with Gasteiger partial charge in [-0.05, 0) is 29.7 Å².